The number of rotatable bonds is 7. The van der Waals surface area contributed by atoms with Gasteiger partial charge in [0.05, 0.1) is 10.8 Å². The fourth-order valence-corrected chi connectivity index (χ4v) is 2.58. The molecule has 2 atom stereocenters. The molecule has 0 spiro atoms. The van der Waals surface area contributed by atoms with Gasteiger partial charge < -0.3 is 15.3 Å². The highest BCUT2D eigenvalue weighted by Gasteiger charge is 2.29. The van der Waals surface area contributed by atoms with Crippen LogP contribution in [0.5, 0.6) is 0 Å². The molecule has 1 aromatic rings. The zero-order valence-corrected chi connectivity index (χ0v) is 14.0. The van der Waals surface area contributed by atoms with Crippen LogP contribution in [-0.4, -0.2) is 47.4 Å². The molecule has 122 valence electrons. The lowest BCUT2D eigenvalue weighted by atomic mass is 10.0. The molecule has 0 saturated carbocycles. The highest BCUT2D eigenvalue weighted by Crippen LogP contribution is 2.12. The minimum Gasteiger partial charge on any atom is -0.481 e. The van der Waals surface area contributed by atoms with Crippen molar-refractivity contribution in [2.75, 3.05) is 13.6 Å². The number of thiophene rings is 1. The largest absolute Gasteiger partial charge is 0.481 e. The third-order valence-electron chi connectivity index (χ3n) is 3.31. The van der Waals surface area contributed by atoms with Crippen molar-refractivity contribution >= 4 is 29.1 Å². The Balaban J connectivity index is 2.75. The number of aliphatic carboxylic acids is 1. The van der Waals surface area contributed by atoms with Crippen molar-refractivity contribution in [2.24, 2.45) is 11.8 Å². The fourth-order valence-electron chi connectivity index (χ4n) is 1.95. The van der Waals surface area contributed by atoms with Crippen molar-refractivity contribution in [1.29, 1.82) is 0 Å². The molecule has 2 N–H and O–H groups in total. The first kappa shape index (κ1) is 18.2. The average molecular weight is 326 g/mol. The molecule has 0 bridgehead atoms. The summed E-state index contributed by atoms with van der Waals surface area (Å²) in [4.78, 5) is 37.4. The maximum atomic E-state index is 12.5. The van der Waals surface area contributed by atoms with Crippen molar-refractivity contribution in [3.8, 4) is 0 Å². The molecule has 0 aliphatic carbocycles. The quantitative estimate of drug-likeness (QED) is 0.798. The Labute approximate surface area is 134 Å². The molecule has 22 heavy (non-hydrogen) atoms. The lowest BCUT2D eigenvalue weighted by molar-refractivity contribution is -0.143. The smallest absolute Gasteiger partial charge is 0.308 e. The summed E-state index contributed by atoms with van der Waals surface area (Å²) < 4.78 is 0. The highest BCUT2D eigenvalue weighted by atomic mass is 32.1. The first-order valence-electron chi connectivity index (χ1n) is 7.06. The van der Waals surface area contributed by atoms with Crippen LogP contribution < -0.4 is 5.32 Å². The Hall–Kier alpha value is -1.89. The summed E-state index contributed by atoms with van der Waals surface area (Å²) in [6.07, 6.45) is 0. The van der Waals surface area contributed by atoms with Gasteiger partial charge >= 0.3 is 5.97 Å². The molecule has 2 amide bonds. The number of carbonyl (C=O) groups is 3. The van der Waals surface area contributed by atoms with E-state index in [1.54, 1.807) is 31.5 Å². The van der Waals surface area contributed by atoms with Gasteiger partial charge in [-0.2, -0.15) is 0 Å². The Bertz CT molecular complexity index is 528. The van der Waals surface area contributed by atoms with E-state index >= 15 is 0 Å². The Morgan fingerprint density at radius 3 is 2.41 bits per heavy atom. The molecule has 0 aliphatic rings. The molecule has 0 saturated heterocycles. The number of hydrogen-bond donors (Lipinski definition) is 2. The second-order valence-electron chi connectivity index (χ2n) is 5.63. The number of likely N-dealkylation sites (N-methyl/N-ethyl adjacent to an activating group) is 1. The van der Waals surface area contributed by atoms with Crippen LogP contribution >= 0.6 is 11.3 Å². The zero-order valence-electron chi connectivity index (χ0n) is 13.2. The van der Waals surface area contributed by atoms with Gasteiger partial charge in [0.2, 0.25) is 5.91 Å². The van der Waals surface area contributed by atoms with Crippen LogP contribution in [0.25, 0.3) is 0 Å². The molecule has 1 heterocycles. The van der Waals surface area contributed by atoms with Crippen LogP contribution in [0.1, 0.15) is 30.4 Å². The number of amides is 2. The maximum Gasteiger partial charge on any atom is 0.308 e. The normalized spacial score (nSPS) is 13.5. The molecule has 7 heteroatoms. The van der Waals surface area contributed by atoms with E-state index < -0.39 is 17.9 Å². The van der Waals surface area contributed by atoms with E-state index in [-0.39, 0.29) is 24.3 Å². The Morgan fingerprint density at radius 2 is 1.95 bits per heavy atom. The molecule has 0 radical (unpaired) electrons. The van der Waals surface area contributed by atoms with Gasteiger partial charge in [-0.3, -0.25) is 14.4 Å². The summed E-state index contributed by atoms with van der Waals surface area (Å²) >= 11 is 1.30. The van der Waals surface area contributed by atoms with E-state index in [0.29, 0.717) is 4.88 Å². The van der Waals surface area contributed by atoms with Crippen molar-refractivity contribution < 1.29 is 19.5 Å². The monoisotopic (exact) mass is 326 g/mol. The minimum absolute atomic E-state index is 0.0982. The summed E-state index contributed by atoms with van der Waals surface area (Å²) in [6.45, 7) is 5.32. The minimum atomic E-state index is -0.955. The highest BCUT2D eigenvalue weighted by molar-refractivity contribution is 7.12. The van der Waals surface area contributed by atoms with Gasteiger partial charge in [-0.1, -0.05) is 26.8 Å². The second kappa shape index (κ2) is 7.93. The van der Waals surface area contributed by atoms with E-state index in [1.165, 1.54) is 16.2 Å². The van der Waals surface area contributed by atoms with E-state index in [4.69, 9.17) is 5.11 Å². The Kier molecular flexibility index (Phi) is 6.55. The zero-order chi connectivity index (χ0) is 16.9. The molecule has 1 aromatic heterocycles. The van der Waals surface area contributed by atoms with Crippen molar-refractivity contribution in [1.82, 2.24) is 10.2 Å². The van der Waals surface area contributed by atoms with Gasteiger partial charge in [0.1, 0.15) is 6.04 Å². The van der Waals surface area contributed by atoms with Crippen LogP contribution in [0.4, 0.5) is 0 Å². The van der Waals surface area contributed by atoms with Crippen molar-refractivity contribution in [3.05, 3.63) is 22.4 Å². The third-order valence-corrected chi connectivity index (χ3v) is 4.18. The number of nitrogens with one attached hydrogen (secondary N) is 1. The first-order valence-corrected chi connectivity index (χ1v) is 7.94. The van der Waals surface area contributed by atoms with Crippen LogP contribution in [0.3, 0.4) is 0 Å². The number of nitrogens with zero attached hydrogens (tertiary/aromatic N) is 1. The maximum absolute atomic E-state index is 12.5. The molecular weight excluding hydrogens is 304 g/mol. The topological polar surface area (TPSA) is 86.7 Å². The van der Waals surface area contributed by atoms with E-state index in [2.05, 4.69) is 5.32 Å². The van der Waals surface area contributed by atoms with Crippen LogP contribution in [0.15, 0.2) is 17.5 Å². The van der Waals surface area contributed by atoms with Crippen LogP contribution in [0, 0.1) is 11.8 Å². The molecule has 0 aliphatic heterocycles. The average Bonchev–Trinajstić information content (AvgIpc) is 2.97. The van der Waals surface area contributed by atoms with Crippen LogP contribution in [-0.2, 0) is 9.59 Å². The lowest BCUT2D eigenvalue weighted by Gasteiger charge is -2.27. The fraction of sp³-hybridized carbons (Fsp3) is 0.533. The number of hydrogen-bond acceptors (Lipinski definition) is 4. The lowest BCUT2D eigenvalue weighted by Crippen LogP contribution is -2.51. The number of carboxylic acid groups (broad SMARTS) is 1. The summed E-state index contributed by atoms with van der Waals surface area (Å²) in [6, 6.07) is 2.78. The summed E-state index contributed by atoms with van der Waals surface area (Å²) in [5.74, 6) is -2.29. The number of carboxylic acids is 1. The summed E-state index contributed by atoms with van der Waals surface area (Å²) in [7, 11) is 1.55. The number of carbonyl (C=O) groups excluding carboxylic acids is 2. The molecule has 0 aromatic carbocycles. The van der Waals surface area contributed by atoms with Gasteiger partial charge in [0.25, 0.3) is 5.91 Å². The second-order valence-corrected chi connectivity index (χ2v) is 6.58. The standard InChI is InChI=1S/C15H22N2O4S/c1-9(2)12(16-13(18)11-6-5-7-22-11)14(19)17(4)8-10(3)15(20)21/h5-7,9-10,12H,8H2,1-4H3,(H,16,18)(H,20,21). The molecule has 6 nitrogen and oxygen atoms in total. The summed E-state index contributed by atoms with van der Waals surface area (Å²) in [5.41, 5.74) is 0. The predicted molar refractivity (Wildman–Crippen MR) is 84.8 cm³/mol. The van der Waals surface area contributed by atoms with Crippen LogP contribution in [0.2, 0.25) is 0 Å². The molecule has 2 unspecified atom stereocenters. The van der Waals surface area contributed by atoms with Gasteiger partial charge in [-0.05, 0) is 17.4 Å². The van der Waals surface area contributed by atoms with Gasteiger partial charge in [0, 0.05) is 13.6 Å². The predicted octanol–water partition coefficient (Wildman–Crippen LogP) is 1.68. The third kappa shape index (κ3) is 4.84. The molecule has 1 rings (SSSR count). The van der Waals surface area contributed by atoms with E-state index in [9.17, 15) is 14.4 Å². The van der Waals surface area contributed by atoms with Gasteiger partial charge in [-0.25, -0.2) is 0 Å². The first-order chi connectivity index (χ1) is 10.2. The Morgan fingerprint density at radius 1 is 1.32 bits per heavy atom. The SMILES string of the molecule is CC(CN(C)C(=O)C(NC(=O)c1cccs1)C(C)C)C(=O)O. The summed E-state index contributed by atoms with van der Waals surface area (Å²) in [5, 5.41) is 13.5. The van der Waals surface area contributed by atoms with Crippen molar-refractivity contribution in [3.63, 3.8) is 0 Å². The van der Waals surface area contributed by atoms with E-state index in [0.717, 1.165) is 0 Å². The molecule has 0 fully saturated rings. The van der Waals surface area contributed by atoms with Gasteiger partial charge in [0.15, 0.2) is 0 Å². The molecular formula is C15H22N2O4S. The van der Waals surface area contributed by atoms with E-state index in [1.807, 2.05) is 13.8 Å². The van der Waals surface area contributed by atoms with Gasteiger partial charge in [-0.15, -0.1) is 11.3 Å². The van der Waals surface area contributed by atoms with Crippen molar-refractivity contribution in [2.45, 2.75) is 26.8 Å².